The first-order chi connectivity index (χ1) is 20.7. The first-order valence-corrected chi connectivity index (χ1v) is 16.0. The summed E-state index contributed by atoms with van der Waals surface area (Å²) in [4.78, 5) is 24.2. The van der Waals surface area contributed by atoms with Crippen LogP contribution in [-0.2, 0) is 11.8 Å². The van der Waals surface area contributed by atoms with Gasteiger partial charge in [0.1, 0.15) is 23.8 Å². The average molecular weight is 607 g/mol. The zero-order chi connectivity index (χ0) is 29.6. The topological polar surface area (TPSA) is 169 Å². The van der Waals surface area contributed by atoms with Crippen molar-refractivity contribution < 1.29 is 13.7 Å². The number of hydrogen-bond acceptors (Lipinski definition) is 13. The fraction of sp³-hybridized carbons (Fsp3) is 0.655. The third-order valence-electron chi connectivity index (χ3n) is 10.7. The Morgan fingerprint density at radius 2 is 2.02 bits per heavy atom. The standard InChI is InChI=1S/C29H35FN10O2S/c1-27(6-2-4-18-20(27)17(11-31)21(33)43-18)24-34-23(38-42-24)22-35-25(39-13-28(14-39)8-5-19(28)32)37-26(36-22)41-15-29-7-3-9-40(29)12-16(30)10-29/h16,19H,2-10,12-15,32-33H2,1H3/t16-,19+,27?,29?/m1/s1. The molecule has 1 saturated carbocycles. The number of aromatic nitrogens is 5. The number of alkyl halides is 1. The second-order valence-electron chi connectivity index (χ2n) is 13.3. The number of halogens is 1. The van der Waals surface area contributed by atoms with E-state index in [4.69, 9.17) is 30.7 Å². The van der Waals surface area contributed by atoms with Gasteiger partial charge < -0.3 is 25.6 Å². The summed E-state index contributed by atoms with van der Waals surface area (Å²) < 4.78 is 26.5. The molecule has 0 aromatic carbocycles. The monoisotopic (exact) mass is 606 g/mol. The van der Waals surface area contributed by atoms with Gasteiger partial charge in [0, 0.05) is 48.0 Å². The van der Waals surface area contributed by atoms with E-state index < -0.39 is 11.6 Å². The van der Waals surface area contributed by atoms with Crippen LogP contribution in [0.15, 0.2) is 4.52 Å². The minimum absolute atomic E-state index is 0.116. The van der Waals surface area contributed by atoms with Crippen molar-refractivity contribution in [3.8, 4) is 23.7 Å². The molecular formula is C29H35FN10O2S. The van der Waals surface area contributed by atoms with Gasteiger partial charge in [-0.05, 0) is 58.4 Å². The molecule has 2 unspecified atom stereocenters. The summed E-state index contributed by atoms with van der Waals surface area (Å²) in [6, 6.07) is 2.64. The number of fused-ring (bicyclic) bond motifs is 2. The fourth-order valence-corrected chi connectivity index (χ4v) is 9.31. The van der Waals surface area contributed by atoms with Gasteiger partial charge in [-0.25, -0.2) is 4.39 Å². The molecule has 3 aromatic heterocycles. The van der Waals surface area contributed by atoms with Crippen LogP contribution in [0.5, 0.6) is 6.01 Å². The van der Waals surface area contributed by atoms with E-state index in [9.17, 15) is 9.65 Å². The smallest absolute Gasteiger partial charge is 0.321 e. The van der Waals surface area contributed by atoms with Gasteiger partial charge in [-0.3, -0.25) is 4.90 Å². The highest BCUT2D eigenvalue weighted by atomic mass is 32.1. The fourth-order valence-electron chi connectivity index (χ4n) is 8.11. The van der Waals surface area contributed by atoms with Crippen LogP contribution in [0.1, 0.15) is 73.8 Å². The molecule has 43 heavy (non-hydrogen) atoms. The van der Waals surface area contributed by atoms with Gasteiger partial charge >= 0.3 is 6.01 Å². The highest BCUT2D eigenvalue weighted by molar-refractivity contribution is 7.16. The number of aryl methyl sites for hydroxylation is 1. The highest BCUT2D eigenvalue weighted by Crippen LogP contribution is 2.50. The van der Waals surface area contributed by atoms with E-state index in [1.54, 1.807) is 0 Å². The normalized spacial score (nSPS) is 30.9. The van der Waals surface area contributed by atoms with E-state index in [2.05, 4.69) is 31.0 Å². The molecule has 0 radical (unpaired) electrons. The van der Waals surface area contributed by atoms with Gasteiger partial charge in [0.05, 0.1) is 16.5 Å². The Bertz CT molecular complexity index is 1630. The molecule has 4 N–H and O–H groups in total. The molecule has 12 nitrogen and oxygen atoms in total. The van der Waals surface area contributed by atoms with Gasteiger partial charge in [0.2, 0.25) is 23.5 Å². The van der Waals surface area contributed by atoms with Crippen molar-refractivity contribution in [1.82, 2.24) is 30.0 Å². The zero-order valence-corrected chi connectivity index (χ0v) is 25.0. The summed E-state index contributed by atoms with van der Waals surface area (Å²) in [5.41, 5.74) is 13.0. The van der Waals surface area contributed by atoms with E-state index in [1.807, 2.05) is 6.92 Å². The molecule has 5 aliphatic rings. The van der Waals surface area contributed by atoms with Gasteiger partial charge in [0.25, 0.3) is 0 Å². The molecule has 6 heterocycles. The summed E-state index contributed by atoms with van der Waals surface area (Å²) in [5, 5.41) is 14.7. The number of hydrogen-bond donors (Lipinski definition) is 2. The summed E-state index contributed by atoms with van der Waals surface area (Å²) in [6.45, 7) is 5.20. The third-order valence-corrected chi connectivity index (χ3v) is 11.8. The van der Waals surface area contributed by atoms with Gasteiger partial charge in [0.15, 0.2) is 0 Å². The molecule has 3 aliphatic heterocycles. The second-order valence-corrected chi connectivity index (χ2v) is 14.5. The van der Waals surface area contributed by atoms with Crippen molar-refractivity contribution in [2.75, 3.05) is 43.4 Å². The number of anilines is 2. The van der Waals surface area contributed by atoms with Gasteiger partial charge in [-0.1, -0.05) is 5.16 Å². The lowest BCUT2D eigenvalue weighted by molar-refractivity contribution is 0.0547. The molecular weight excluding hydrogens is 571 g/mol. The van der Waals surface area contributed by atoms with Crippen molar-refractivity contribution >= 4 is 22.3 Å². The Hall–Kier alpha value is -3.41. The number of nitrogens with zero attached hydrogens (tertiary/aromatic N) is 8. The van der Waals surface area contributed by atoms with Crippen LogP contribution in [0, 0.1) is 16.7 Å². The predicted molar refractivity (Wildman–Crippen MR) is 156 cm³/mol. The first kappa shape index (κ1) is 27.2. The van der Waals surface area contributed by atoms with Gasteiger partial charge in [-0.15, -0.1) is 11.3 Å². The van der Waals surface area contributed by atoms with Crippen LogP contribution in [0.25, 0.3) is 11.6 Å². The zero-order valence-electron chi connectivity index (χ0n) is 24.2. The molecule has 3 saturated heterocycles. The summed E-state index contributed by atoms with van der Waals surface area (Å²) in [5.74, 6) is 1.34. The van der Waals surface area contributed by atoms with Crippen molar-refractivity contribution in [3.05, 3.63) is 21.9 Å². The molecule has 0 bridgehead atoms. The van der Waals surface area contributed by atoms with Crippen molar-refractivity contribution in [3.63, 3.8) is 0 Å². The quantitative estimate of drug-likeness (QED) is 0.421. The van der Waals surface area contributed by atoms with Crippen LogP contribution in [-0.4, -0.2) is 80.5 Å². The molecule has 1 spiro atoms. The maximum atomic E-state index is 14.4. The maximum absolute atomic E-state index is 14.4. The Morgan fingerprint density at radius 1 is 1.16 bits per heavy atom. The van der Waals surface area contributed by atoms with Gasteiger partial charge in [-0.2, -0.15) is 25.2 Å². The lowest BCUT2D eigenvalue weighted by Crippen LogP contribution is -2.69. The number of nitriles is 1. The Balaban J connectivity index is 1.12. The minimum Gasteiger partial charge on any atom is -0.461 e. The van der Waals surface area contributed by atoms with Crippen molar-refractivity contribution in [2.45, 2.75) is 81.5 Å². The SMILES string of the molecule is CC1(c2nc(-c3nc(OCC45CCCN4C[C@H](F)C5)nc(N4CC5(CC[C@@H]5N)C4)n3)no2)CCCc2sc(N)c(C#N)c21. The third kappa shape index (κ3) is 4.08. The van der Waals surface area contributed by atoms with Crippen LogP contribution in [0.2, 0.25) is 0 Å². The van der Waals surface area contributed by atoms with E-state index in [0.717, 1.165) is 75.0 Å². The van der Waals surface area contributed by atoms with E-state index in [1.165, 1.54) is 11.3 Å². The average Bonchev–Trinajstić information content (AvgIpc) is 3.73. The Morgan fingerprint density at radius 3 is 2.79 bits per heavy atom. The van der Waals surface area contributed by atoms with E-state index in [0.29, 0.717) is 42.0 Å². The van der Waals surface area contributed by atoms with Crippen LogP contribution >= 0.6 is 11.3 Å². The molecule has 226 valence electrons. The van der Waals surface area contributed by atoms with Crippen molar-refractivity contribution in [1.29, 1.82) is 5.26 Å². The lowest BCUT2D eigenvalue weighted by atomic mass is 9.60. The summed E-state index contributed by atoms with van der Waals surface area (Å²) >= 11 is 1.46. The van der Waals surface area contributed by atoms with E-state index >= 15 is 0 Å². The number of thiophene rings is 1. The first-order valence-electron chi connectivity index (χ1n) is 15.2. The van der Waals surface area contributed by atoms with Crippen LogP contribution in [0.3, 0.4) is 0 Å². The molecule has 14 heteroatoms. The molecule has 2 aliphatic carbocycles. The molecule has 8 rings (SSSR count). The molecule has 3 aromatic rings. The number of nitrogens with two attached hydrogens (primary N) is 2. The summed E-state index contributed by atoms with van der Waals surface area (Å²) in [7, 11) is 0. The minimum atomic E-state index is -0.850. The lowest BCUT2D eigenvalue weighted by Gasteiger charge is -2.59. The summed E-state index contributed by atoms with van der Waals surface area (Å²) in [6.07, 6.45) is 6.17. The largest absolute Gasteiger partial charge is 0.461 e. The number of nitrogen functional groups attached to an aromatic ring is 1. The number of ether oxygens (including phenoxy) is 1. The highest BCUT2D eigenvalue weighted by Gasteiger charge is 2.54. The van der Waals surface area contributed by atoms with Crippen LogP contribution < -0.4 is 21.1 Å². The molecule has 0 amide bonds. The van der Waals surface area contributed by atoms with E-state index in [-0.39, 0.29) is 34.7 Å². The maximum Gasteiger partial charge on any atom is 0.321 e. The molecule has 4 atom stereocenters. The predicted octanol–water partition coefficient (Wildman–Crippen LogP) is 2.96. The number of rotatable bonds is 6. The van der Waals surface area contributed by atoms with Crippen molar-refractivity contribution in [2.24, 2.45) is 11.1 Å². The Labute approximate surface area is 252 Å². The molecule has 4 fully saturated rings. The second kappa shape index (κ2) is 9.54. The Kier molecular flexibility index (Phi) is 6.03. The van der Waals surface area contributed by atoms with Crippen LogP contribution in [0.4, 0.5) is 15.3 Å².